The molecule has 0 aromatic rings. The van der Waals surface area contributed by atoms with Gasteiger partial charge in [-0.25, -0.2) is 0 Å². The highest BCUT2D eigenvalue weighted by molar-refractivity contribution is 9.09. The number of rotatable bonds is 4. The summed E-state index contributed by atoms with van der Waals surface area (Å²) in [5.41, 5.74) is -0.177. The zero-order valence-electron chi connectivity index (χ0n) is 9.50. The maximum Gasteiger partial charge on any atom is 0.0957 e. The monoisotopic (exact) mass is 294 g/mol. The van der Waals surface area contributed by atoms with Gasteiger partial charge in [-0.2, -0.15) is 0 Å². The first-order valence-corrected chi connectivity index (χ1v) is 7.09. The standard InChI is InChI=1S/C11H19BrO2S/c1-8-7-11(2,14-3)10(6-9(8)12)15-5-4-13/h6,8-9,13H,4-5,7H2,1-3H3/t8?,9?,11-/m0/s1. The number of alkyl halides is 1. The van der Waals surface area contributed by atoms with Crippen LogP contribution in [0.1, 0.15) is 20.3 Å². The van der Waals surface area contributed by atoms with E-state index in [0.717, 1.165) is 12.2 Å². The van der Waals surface area contributed by atoms with E-state index in [1.54, 1.807) is 18.9 Å². The molecule has 2 unspecified atom stereocenters. The molecule has 88 valence electrons. The summed E-state index contributed by atoms with van der Waals surface area (Å²) in [4.78, 5) is 1.65. The van der Waals surface area contributed by atoms with Gasteiger partial charge in [0.1, 0.15) is 0 Å². The lowest BCUT2D eigenvalue weighted by molar-refractivity contribution is 0.0221. The number of aliphatic hydroxyl groups is 1. The molecule has 0 bridgehead atoms. The fourth-order valence-corrected chi connectivity index (χ4v) is 3.51. The van der Waals surface area contributed by atoms with Crippen molar-refractivity contribution in [2.45, 2.75) is 30.7 Å². The molecule has 0 aromatic heterocycles. The largest absolute Gasteiger partial charge is 0.396 e. The van der Waals surface area contributed by atoms with Crippen molar-refractivity contribution in [2.75, 3.05) is 19.5 Å². The minimum Gasteiger partial charge on any atom is -0.396 e. The minimum atomic E-state index is -0.177. The van der Waals surface area contributed by atoms with E-state index in [4.69, 9.17) is 9.84 Å². The SMILES string of the molecule is CO[C@@]1(C)CC(C)C(Br)C=C1SCCO. The van der Waals surface area contributed by atoms with E-state index in [1.165, 1.54) is 4.91 Å². The molecule has 0 aliphatic heterocycles. The van der Waals surface area contributed by atoms with Gasteiger partial charge in [0.2, 0.25) is 0 Å². The molecule has 4 heteroatoms. The smallest absolute Gasteiger partial charge is 0.0957 e. The van der Waals surface area contributed by atoms with Gasteiger partial charge in [-0.15, -0.1) is 11.8 Å². The number of ether oxygens (including phenoxy) is 1. The zero-order valence-corrected chi connectivity index (χ0v) is 11.9. The summed E-state index contributed by atoms with van der Waals surface area (Å²) in [7, 11) is 1.76. The molecule has 0 heterocycles. The third-order valence-electron chi connectivity index (χ3n) is 2.89. The van der Waals surface area contributed by atoms with E-state index >= 15 is 0 Å². The van der Waals surface area contributed by atoms with E-state index in [9.17, 15) is 0 Å². The lowest BCUT2D eigenvalue weighted by Gasteiger charge is -2.38. The molecular formula is C11H19BrO2S. The average Bonchev–Trinajstić information content (AvgIpc) is 2.21. The van der Waals surface area contributed by atoms with Crippen molar-refractivity contribution in [3.05, 3.63) is 11.0 Å². The van der Waals surface area contributed by atoms with Crippen molar-refractivity contribution in [2.24, 2.45) is 5.92 Å². The van der Waals surface area contributed by atoms with Crippen molar-refractivity contribution >= 4 is 27.7 Å². The fraction of sp³-hybridized carbons (Fsp3) is 0.818. The average molecular weight is 295 g/mol. The number of halogens is 1. The van der Waals surface area contributed by atoms with E-state index in [0.29, 0.717) is 10.7 Å². The maximum absolute atomic E-state index is 8.86. The number of hydrogen-bond acceptors (Lipinski definition) is 3. The van der Waals surface area contributed by atoms with Crippen molar-refractivity contribution in [1.82, 2.24) is 0 Å². The van der Waals surface area contributed by atoms with Crippen LogP contribution in [-0.2, 0) is 4.74 Å². The first-order chi connectivity index (χ1) is 7.03. The fourth-order valence-electron chi connectivity index (χ4n) is 1.85. The highest BCUT2D eigenvalue weighted by atomic mass is 79.9. The summed E-state index contributed by atoms with van der Waals surface area (Å²) in [6.45, 7) is 4.56. The Morgan fingerprint density at radius 1 is 1.73 bits per heavy atom. The third-order valence-corrected chi connectivity index (χ3v) is 5.32. The van der Waals surface area contributed by atoms with Crippen LogP contribution in [-0.4, -0.2) is 35.0 Å². The van der Waals surface area contributed by atoms with Gasteiger partial charge >= 0.3 is 0 Å². The number of thioether (sulfide) groups is 1. The Balaban J connectivity index is 2.81. The lowest BCUT2D eigenvalue weighted by Crippen LogP contribution is -2.37. The molecule has 1 aliphatic carbocycles. The van der Waals surface area contributed by atoms with Gasteiger partial charge in [-0.3, -0.25) is 0 Å². The first-order valence-electron chi connectivity index (χ1n) is 5.18. The van der Waals surface area contributed by atoms with E-state index in [1.807, 2.05) is 0 Å². The minimum absolute atomic E-state index is 0.177. The van der Waals surface area contributed by atoms with E-state index in [2.05, 4.69) is 35.9 Å². The predicted molar refractivity (Wildman–Crippen MR) is 69.5 cm³/mol. The number of allylic oxidation sites excluding steroid dienone is 1. The van der Waals surface area contributed by atoms with Crippen LogP contribution in [0.3, 0.4) is 0 Å². The summed E-state index contributed by atoms with van der Waals surface area (Å²) >= 11 is 5.35. The van der Waals surface area contributed by atoms with Crippen molar-refractivity contribution in [3.8, 4) is 0 Å². The molecule has 0 fully saturated rings. The Kier molecular flexibility index (Phi) is 5.16. The van der Waals surface area contributed by atoms with E-state index < -0.39 is 0 Å². The molecule has 1 N–H and O–H groups in total. The van der Waals surface area contributed by atoms with Crippen LogP contribution in [0.4, 0.5) is 0 Å². The quantitative estimate of drug-likeness (QED) is 0.809. The molecule has 0 radical (unpaired) electrons. The predicted octanol–water partition coefficient (Wildman–Crippen LogP) is 2.80. The Labute approximate surface area is 105 Å². The van der Waals surface area contributed by atoms with Gasteiger partial charge < -0.3 is 9.84 Å². The number of hydrogen-bond donors (Lipinski definition) is 1. The van der Waals surface area contributed by atoms with Gasteiger partial charge in [0, 0.05) is 22.6 Å². The Bertz CT molecular complexity index is 245. The molecule has 0 saturated carbocycles. The molecule has 1 rings (SSSR count). The first kappa shape index (κ1) is 13.6. The highest BCUT2D eigenvalue weighted by Crippen LogP contribution is 2.42. The molecular weight excluding hydrogens is 276 g/mol. The van der Waals surface area contributed by atoms with Gasteiger partial charge in [-0.05, 0) is 19.3 Å². The lowest BCUT2D eigenvalue weighted by atomic mass is 9.85. The maximum atomic E-state index is 8.86. The van der Waals surface area contributed by atoms with Crippen molar-refractivity contribution < 1.29 is 9.84 Å². The van der Waals surface area contributed by atoms with Gasteiger partial charge in [0.25, 0.3) is 0 Å². The Hall–Kier alpha value is 0.490. The highest BCUT2D eigenvalue weighted by Gasteiger charge is 2.37. The van der Waals surface area contributed by atoms with E-state index in [-0.39, 0.29) is 12.2 Å². The second kappa shape index (κ2) is 5.71. The van der Waals surface area contributed by atoms with Crippen LogP contribution in [0.2, 0.25) is 0 Å². The molecule has 0 aromatic carbocycles. The van der Waals surface area contributed by atoms with Crippen LogP contribution < -0.4 is 0 Å². The summed E-state index contributed by atoms with van der Waals surface area (Å²) in [6.07, 6.45) is 3.24. The van der Waals surface area contributed by atoms with Crippen molar-refractivity contribution in [1.29, 1.82) is 0 Å². The number of methoxy groups -OCH3 is 1. The molecule has 1 aliphatic rings. The Morgan fingerprint density at radius 3 is 2.93 bits per heavy atom. The summed E-state index contributed by atoms with van der Waals surface area (Å²) in [5, 5.41) is 8.86. The molecule has 3 atom stereocenters. The molecule has 0 saturated heterocycles. The van der Waals surface area contributed by atoms with Crippen LogP contribution in [0.5, 0.6) is 0 Å². The normalized spacial score (nSPS) is 36.5. The molecule has 2 nitrogen and oxygen atoms in total. The summed E-state index contributed by atoms with van der Waals surface area (Å²) in [6, 6.07) is 0. The topological polar surface area (TPSA) is 29.5 Å². The number of aliphatic hydroxyl groups excluding tert-OH is 1. The summed E-state index contributed by atoms with van der Waals surface area (Å²) < 4.78 is 5.62. The van der Waals surface area contributed by atoms with Gasteiger partial charge in [-0.1, -0.05) is 28.9 Å². The summed E-state index contributed by atoms with van der Waals surface area (Å²) in [5.74, 6) is 1.31. The Morgan fingerprint density at radius 2 is 2.40 bits per heavy atom. The van der Waals surface area contributed by atoms with Gasteiger partial charge in [0.05, 0.1) is 12.2 Å². The second-order valence-corrected chi connectivity index (χ2v) is 6.36. The van der Waals surface area contributed by atoms with Gasteiger partial charge in [0.15, 0.2) is 0 Å². The zero-order chi connectivity index (χ0) is 11.5. The molecule has 15 heavy (non-hydrogen) atoms. The molecule has 0 amide bonds. The second-order valence-electron chi connectivity index (χ2n) is 4.16. The van der Waals surface area contributed by atoms with Crippen molar-refractivity contribution in [3.63, 3.8) is 0 Å². The van der Waals surface area contributed by atoms with Crippen LogP contribution in [0, 0.1) is 5.92 Å². The molecule has 0 spiro atoms. The van der Waals surface area contributed by atoms with Crippen LogP contribution in [0.25, 0.3) is 0 Å². The third kappa shape index (κ3) is 3.22. The van der Waals surface area contributed by atoms with Crippen LogP contribution >= 0.6 is 27.7 Å². The van der Waals surface area contributed by atoms with Crippen LogP contribution in [0.15, 0.2) is 11.0 Å².